The van der Waals surface area contributed by atoms with Crippen molar-refractivity contribution >= 4 is 5.97 Å². The van der Waals surface area contributed by atoms with Gasteiger partial charge in [-0.2, -0.15) is 0 Å². The van der Waals surface area contributed by atoms with Gasteiger partial charge in [-0.15, -0.1) is 0 Å². The summed E-state index contributed by atoms with van der Waals surface area (Å²) in [5.41, 5.74) is 0. The van der Waals surface area contributed by atoms with Crippen molar-refractivity contribution in [2.45, 2.75) is 30.7 Å². The van der Waals surface area contributed by atoms with Crippen LogP contribution >= 0.6 is 0 Å². The molecule has 0 amide bonds. The number of aliphatic hydroxyl groups excluding tert-OH is 4. The van der Waals surface area contributed by atoms with E-state index in [1.54, 1.807) is 0 Å². The predicted octanol–water partition coefficient (Wildman–Crippen LogP) is -3.13. The van der Waals surface area contributed by atoms with Crippen LogP contribution in [0.5, 0.6) is 0 Å². The van der Waals surface area contributed by atoms with Crippen molar-refractivity contribution in [1.29, 1.82) is 0 Å². The summed E-state index contributed by atoms with van der Waals surface area (Å²) < 4.78 is 4.34. The number of hydrogen-bond acceptors (Lipinski definition) is 6. The summed E-state index contributed by atoms with van der Waals surface area (Å²) in [6.07, 6.45) is -8.72. The molecule has 0 aliphatic carbocycles. The van der Waals surface area contributed by atoms with Crippen LogP contribution in [0.15, 0.2) is 0 Å². The van der Waals surface area contributed by atoms with Gasteiger partial charge in [0.15, 0.2) is 12.4 Å². The van der Waals surface area contributed by atoms with Crippen molar-refractivity contribution in [3.05, 3.63) is 0 Å². The quantitative estimate of drug-likeness (QED) is 0.298. The van der Waals surface area contributed by atoms with Gasteiger partial charge in [0.1, 0.15) is 18.3 Å². The van der Waals surface area contributed by atoms with Gasteiger partial charge in [-0.25, -0.2) is 4.79 Å². The molecule has 0 bridgehead atoms. The van der Waals surface area contributed by atoms with E-state index in [2.05, 4.69) is 4.74 Å². The Kier molecular flexibility index (Phi) is 2.84. The summed E-state index contributed by atoms with van der Waals surface area (Å²) in [6, 6.07) is 0. The molecule has 0 saturated carbocycles. The topological polar surface area (TPSA) is 127 Å². The lowest BCUT2D eigenvalue weighted by molar-refractivity contribution is -0.279. The maximum absolute atomic E-state index is 10.4. The van der Waals surface area contributed by atoms with Crippen LogP contribution in [0.25, 0.3) is 0 Å². The Bertz CT molecular complexity index is 205. The highest BCUT2D eigenvalue weighted by Gasteiger charge is 2.46. The van der Waals surface area contributed by atoms with E-state index in [1.807, 2.05) is 0 Å². The number of aliphatic hydroxyl groups is 4. The number of rotatable bonds is 1. The third-order valence-corrected chi connectivity index (χ3v) is 1.83. The molecule has 1 fully saturated rings. The summed E-state index contributed by atoms with van der Waals surface area (Å²) in [7, 11) is 0. The standard InChI is InChI=1S/C6H10O7/c7-1-2(8)4(5(10)11)13-6(12)3(1)9/h1-4,6-9,12H,(H,10,11)/t1?,2-,3-,4?,6+/m0/s1. The smallest absolute Gasteiger partial charge is 0.335 e. The maximum atomic E-state index is 10.4. The van der Waals surface area contributed by atoms with Crippen molar-refractivity contribution in [3.8, 4) is 0 Å². The Hall–Kier alpha value is -0.730. The van der Waals surface area contributed by atoms with E-state index in [-0.39, 0.29) is 0 Å². The van der Waals surface area contributed by atoms with Crippen LogP contribution in [0, 0.1) is 0 Å². The normalized spacial score (nSPS) is 46.0. The van der Waals surface area contributed by atoms with Gasteiger partial charge in [0, 0.05) is 0 Å². The lowest BCUT2D eigenvalue weighted by Crippen LogP contribution is -2.59. The Labute approximate surface area is 72.8 Å². The van der Waals surface area contributed by atoms with Crippen LogP contribution < -0.4 is 0 Å². The second-order valence-electron chi connectivity index (χ2n) is 2.76. The summed E-state index contributed by atoms with van der Waals surface area (Å²) in [6.45, 7) is 0. The second-order valence-corrected chi connectivity index (χ2v) is 2.76. The third kappa shape index (κ3) is 1.79. The number of ether oxygens (including phenoxy) is 1. The van der Waals surface area contributed by atoms with Crippen LogP contribution in [-0.2, 0) is 9.53 Å². The molecule has 0 radical (unpaired) electrons. The molecule has 2 unspecified atom stereocenters. The van der Waals surface area contributed by atoms with E-state index in [0.29, 0.717) is 0 Å². The number of carbonyl (C=O) groups is 1. The van der Waals surface area contributed by atoms with Crippen LogP contribution in [0.1, 0.15) is 0 Å². The summed E-state index contributed by atoms with van der Waals surface area (Å²) in [5, 5.41) is 44.4. The second kappa shape index (κ2) is 3.56. The fourth-order valence-electron chi connectivity index (χ4n) is 1.07. The van der Waals surface area contributed by atoms with E-state index in [1.165, 1.54) is 0 Å². The molecule has 7 nitrogen and oxygen atoms in total. The zero-order valence-electron chi connectivity index (χ0n) is 6.44. The molecule has 76 valence electrons. The van der Waals surface area contributed by atoms with Crippen LogP contribution in [0.3, 0.4) is 0 Å². The highest BCUT2D eigenvalue weighted by molar-refractivity contribution is 5.73. The minimum Gasteiger partial charge on any atom is -0.479 e. The fraction of sp³-hybridized carbons (Fsp3) is 0.833. The Morgan fingerprint density at radius 2 is 1.54 bits per heavy atom. The van der Waals surface area contributed by atoms with Gasteiger partial charge in [0.2, 0.25) is 0 Å². The summed E-state index contributed by atoms with van der Waals surface area (Å²) in [5.74, 6) is -1.52. The molecular formula is C6H10O7. The zero-order valence-corrected chi connectivity index (χ0v) is 6.44. The predicted molar refractivity (Wildman–Crippen MR) is 36.5 cm³/mol. The molecule has 0 aromatic carbocycles. The SMILES string of the molecule is O=C(O)C1O[C@@H](O)[C@@H](O)C(O)[C@@H]1O. The van der Waals surface area contributed by atoms with Gasteiger partial charge in [0.25, 0.3) is 0 Å². The minimum atomic E-state index is -1.81. The molecule has 1 heterocycles. The monoisotopic (exact) mass is 194 g/mol. The molecule has 0 aromatic heterocycles. The molecule has 5 N–H and O–H groups in total. The first-order valence-electron chi connectivity index (χ1n) is 3.55. The molecule has 1 saturated heterocycles. The van der Waals surface area contributed by atoms with E-state index in [4.69, 9.17) is 25.5 Å². The molecule has 13 heavy (non-hydrogen) atoms. The molecule has 1 rings (SSSR count). The van der Waals surface area contributed by atoms with Crippen molar-refractivity contribution in [3.63, 3.8) is 0 Å². The zero-order chi connectivity index (χ0) is 10.2. The van der Waals surface area contributed by atoms with E-state index in [0.717, 1.165) is 0 Å². The fourth-order valence-corrected chi connectivity index (χ4v) is 1.07. The Morgan fingerprint density at radius 1 is 1.00 bits per heavy atom. The lowest BCUT2D eigenvalue weighted by Gasteiger charge is -2.36. The van der Waals surface area contributed by atoms with Crippen LogP contribution in [0.2, 0.25) is 0 Å². The molecule has 7 heteroatoms. The van der Waals surface area contributed by atoms with Crippen molar-refractivity contribution in [2.24, 2.45) is 0 Å². The first-order valence-corrected chi connectivity index (χ1v) is 3.55. The van der Waals surface area contributed by atoms with Gasteiger partial charge < -0.3 is 30.3 Å². The van der Waals surface area contributed by atoms with E-state index < -0.39 is 36.7 Å². The molecule has 0 aromatic rings. The average molecular weight is 194 g/mol. The Morgan fingerprint density at radius 3 is 2.00 bits per heavy atom. The van der Waals surface area contributed by atoms with E-state index >= 15 is 0 Å². The van der Waals surface area contributed by atoms with Gasteiger partial charge in [-0.3, -0.25) is 0 Å². The van der Waals surface area contributed by atoms with Crippen LogP contribution in [0.4, 0.5) is 0 Å². The van der Waals surface area contributed by atoms with Crippen molar-refractivity contribution in [2.75, 3.05) is 0 Å². The first kappa shape index (κ1) is 10.4. The van der Waals surface area contributed by atoms with E-state index in [9.17, 15) is 4.79 Å². The third-order valence-electron chi connectivity index (χ3n) is 1.83. The molecule has 0 spiro atoms. The largest absolute Gasteiger partial charge is 0.479 e. The number of carboxylic acids is 1. The minimum absolute atomic E-state index is 1.52. The van der Waals surface area contributed by atoms with Crippen molar-refractivity contribution < 1.29 is 35.1 Å². The van der Waals surface area contributed by atoms with Gasteiger partial charge in [-0.1, -0.05) is 0 Å². The Balaban J connectivity index is 2.76. The highest BCUT2D eigenvalue weighted by atomic mass is 16.6. The number of carboxylic acid groups (broad SMARTS) is 1. The maximum Gasteiger partial charge on any atom is 0.335 e. The number of hydrogen-bond donors (Lipinski definition) is 5. The molecular weight excluding hydrogens is 184 g/mol. The van der Waals surface area contributed by atoms with Gasteiger partial charge in [0.05, 0.1) is 0 Å². The number of aliphatic carboxylic acids is 1. The molecule has 1 aliphatic rings. The molecule has 1 aliphatic heterocycles. The van der Waals surface area contributed by atoms with Gasteiger partial charge >= 0.3 is 5.97 Å². The summed E-state index contributed by atoms with van der Waals surface area (Å²) >= 11 is 0. The molecule has 5 atom stereocenters. The summed E-state index contributed by atoms with van der Waals surface area (Å²) in [4.78, 5) is 10.4. The highest BCUT2D eigenvalue weighted by Crippen LogP contribution is 2.19. The van der Waals surface area contributed by atoms with Gasteiger partial charge in [-0.05, 0) is 0 Å². The average Bonchev–Trinajstić information content (AvgIpc) is 2.07. The lowest BCUT2D eigenvalue weighted by atomic mass is 9.99. The first-order chi connectivity index (χ1) is 5.95. The van der Waals surface area contributed by atoms with Crippen molar-refractivity contribution in [1.82, 2.24) is 0 Å². The van der Waals surface area contributed by atoms with Crippen LogP contribution in [-0.4, -0.2) is 62.2 Å².